The third-order valence-corrected chi connectivity index (χ3v) is 3.06. The molecule has 2 N–H and O–H groups in total. The molecule has 3 rings (SSSR count). The molecule has 2 aromatic heterocycles. The number of rotatable bonds is 1. The molecule has 5 nitrogen and oxygen atoms in total. The van der Waals surface area contributed by atoms with Gasteiger partial charge in [0.25, 0.3) is 0 Å². The molecule has 0 fully saturated rings. The number of nitrogen functional groups attached to an aromatic ring is 1. The van der Waals surface area contributed by atoms with E-state index in [-0.39, 0.29) is 5.82 Å². The largest absolute Gasteiger partial charge is 0.381 e. The topological polar surface area (TPSA) is 69.6 Å². The van der Waals surface area contributed by atoms with Gasteiger partial charge in [-0.2, -0.15) is 5.10 Å². The molecule has 0 saturated heterocycles. The molecule has 3 aromatic rings. The van der Waals surface area contributed by atoms with Crippen molar-refractivity contribution in [1.82, 2.24) is 20.0 Å². The summed E-state index contributed by atoms with van der Waals surface area (Å²) in [6.07, 6.45) is 1.63. The van der Waals surface area contributed by atoms with E-state index in [1.165, 1.54) is 0 Å². The lowest BCUT2D eigenvalue weighted by molar-refractivity contribution is 0.822. The minimum atomic E-state index is 0.281. The Morgan fingerprint density at radius 1 is 1.17 bits per heavy atom. The lowest BCUT2D eigenvalue weighted by atomic mass is 10.1. The van der Waals surface area contributed by atoms with Crippen LogP contribution in [-0.2, 0) is 0 Å². The molecule has 2 heterocycles. The standard InChI is InChI=1S/C12H10ClN5/c1-7-8-4-2-3-5-9(8)12(16-15-7)18-6-10(13)11(14)17-18/h2-6H,1H3,(H2,14,17). The second-order valence-electron chi connectivity index (χ2n) is 3.96. The van der Waals surface area contributed by atoms with Crippen LogP contribution < -0.4 is 5.73 Å². The van der Waals surface area contributed by atoms with Crippen molar-refractivity contribution >= 4 is 28.2 Å². The maximum Gasteiger partial charge on any atom is 0.183 e. The fraction of sp³-hybridized carbons (Fsp3) is 0.0833. The number of anilines is 1. The third kappa shape index (κ3) is 1.60. The van der Waals surface area contributed by atoms with Gasteiger partial charge in [-0.1, -0.05) is 35.9 Å². The van der Waals surface area contributed by atoms with Crippen LogP contribution in [0.1, 0.15) is 5.69 Å². The highest BCUT2D eigenvalue weighted by molar-refractivity contribution is 6.32. The Hall–Kier alpha value is -2.14. The number of nitrogens with two attached hydrogens (primary N) is 1. The van der Waals surface area contributed by atoms with E-state index in [1.54, 1.807) is 10.9 Å². The molecule has 6 heteroatoms. The fourth-order valence-electron chi connectivity index (χ4n) is 1.87. The zero-order chi connectivity index (χ0) is 12.7. The van der Waals surface area contributed by atoms with Crippen LogP contribution in [0.25, 0.3) is 16.6 Å². The molecule has 0 atom stereocenters. The van der Waals surface area contributed by atoms with Gasteiger partial charge in [0.05, 0.1) is 11.9 Å². The number of fused-ring (bicyclic) bond motifs is 1. The van der Waals surface area contributed by atoms with Gasteiger partial charge in [0.15, 0.2) is 11.6 Å². The number of halogens is 1. The predicted molar refractivity (Wildman–Crippen MR) is 70.8 cm³/mol. The highest BCUT2D eigenvalue weighted by atomic mass is 35.5. The Bertz CT molecular complexity index is 715. The van der Waals surface area contributed by atoms with Gasteiger partial charge in [0, 0.05) is 10.8 Å². The molecule has 1 aromatic carbocycles. The van der Waals surface area contributed by atoms with E-state index in [4.69, 9.17) is 17.3 Å². The molecule has 0 unspecified atom stereocenters. The van der Waals surface area contributed by atoms with Gasteiger partial charge >= 0.3 is 0 Å². The van der Waals surface area contributed by atoms with Crippen LogP contribution in [0.15, 0.2) is 30.5 Å². The van der Waals surface area contributed by atoms with Crippen LogP contribution in [0.2, 0.25) is 5.02 Å². The number of nitrogens with zero attached hydrogens (tertiary/aromatic N) is 4. The summed E-state index contributed by atoms with van der Waals surface area (Å²) in [7, 11) is 0. The van der Waals surface area contributed by atoms with E-state index in [9.17, 15) is 0 Å². The maximum absolute atomic E-state index is 5.91. The van der Waals surface area contributed by atoms with E-state index in [1.807, 2.05) is 31.2 Å². The van der Waals surface area contributed by atoms with Crippen molar-refractivity contribution in [3.63, 3.8) is 0 Å². The van der Waals surface area contributed by atoms with Crippen molar-refractivity contribution in [2.75, 3.05) is 5.73 Å². The van der Waals surface area contributed by atoms with Crippen molar-refractivity contribution < 1.29 is 0 Å². The van der Waals surface area contributed by atoms with Crippen molar-refractivity contribution in [1.29, 1.82) is 0 Å². The third-order valence-electron chi connectivity index (χ3n) is 2.77. The van der Waals surface area contributed by atoms with Crippen molar-refractivity contribution in [2.24, 2.45) is 0 Å². The molecule has 0 aliphatic rings. The Morgan fingerprint density at radius 3 is 2.56 bits per heavy atom. The molecule has 0 aliphatic carbocycles. The maximum atomic E-state index is 5.91. The molecule has 0 saturated carbocycles. The number of benzene rings is 1. The van der Waals surface area contributed by atoms with E-state index >= 15 is 0 Å². The highest BCUT2D eigenvalue weighted by Gasteiger charge is 2.11. The van der Waals surface area contributed by atoms with Crippen LogP contribution >= 0.6 is 11.6 Å². The van der Waals surface area contributed by atoms with Crippen LogP contribution in [0.3, 0.4) is 0 Å². The average molecular weight is 260 g/mol. The average Bonchev–Trinajstić information content (AvgIpc) is 2.70. The Morgan fingerprint density at radius 2 is 1.89 bits per heavy atom. The molecule has 0 bridgehead atoms. The number of hydrogen-bond donors (Lipinski definition) is 1. The first kappa shape index (κ1) is 11.0. The zero-order valence-corrected chi connectivity index (χ0v) is 10.4. The second-order valence-corrected chi connectivity index (χ2v) is 4.37. The van der Waals surface area contributed by atoms with Crippen LogP contribution in [0.4, 0.5) is 5.82 Å². The lowest BCUT2D eigenvalue weighted by Gasteiger charge is -2.06. The Balaban J connectivity index is 2.33. The minimum Gasteiger partial charge on any atom is -0.381 e. The summed E-state index contributed by atoms with van der Waals surface area (Å²) in [6, 6.07) is 7.88. The lowest BCUT2D eigenvalue weighted by Crippen LogP contribution is -2.03. The fourth-order valence-corrected chi connectivity index (χ4v) is 2.00. The first-order valence-corrected chi connectivity index (χ1v) is 5.77. The zero-order valence-electron chi connectivity index (χ0n) is 9.63. The first-order valence-electron chi connectivity index (χ1n) is 5.40. The first-order chi connectivity index (χ1) is 8.66. The Labute approximate surface area is 108 Å². The van der Waals surface area contributed by atoms with E-state index in [0.717, 1.165) is 16.5 Å². The summed E-state index contributed by atoms with van der Waals surface area (Å²) in [4.78, 5) is 0. The van der Waals surface area contributed by atoms with E-state index < -0.39 is 0 Å². The Kier molecular flexibility index (Phi) is 2.41. The molecule has 0 aliphatic heterocycles. The van der Waals surface area contributed by atoms with Gasteiger partial charge in [0.2, 0.25) is 0 Å². The van der Waals surface area contributed by atoms with Gasteiger partial charge in [-0.25, -0.2) is 4.68 Å². The summed E-state index contributed by atoms with van der Waals surface area (Å²) < 4.78 is 1.55. The molecule has 0 amide bonds. The van der Waals surface area contributed by atoms with Crippen LogP contribution in [-0.4, -0.2) is 20.0 Å². The van der Waals surface area contributed by atoms with E-state index in [2.05, 4.69) is 15.3 Å². The summed E-state index contributed by atoms with van der Waals surface area (Å²) in [5.41, 5.74) is 6.52. The van der Waals surface area contributed by atoms with Crippen molar-refractivity contribution in [2.45, 2.75) is 6.92 Å². The van der Waals surface area contributed by atoms with Gasteiger partial charge in [0.1, 0.15) is 5.02 Å². The normalized spacial score (nSPS) is 11.0. The van der Waals surface area contributed by atoms with Gasteiger partial charge in [-0.15, -0.1) is 10.2 Å². The van der Waals surface area contributed by atoms with Gasteiger partial charge in [-0.05, 0) is 6.92 Å². The summed E-state index contributed by atoms with van der Waals surface area (Å²) >= 11 is 5.91. The molecule has 90 valence electrons. The quantitative estimate of drug-likeness (QED) is 0.728. The summed E-state index contributed by atoms with van der Waals surface area (Å²) in [6.45, 7) is 1.92. The van der Waals surface area contributed by atoms with Crippen LogP contribution in [0, 0.1) is 6.92 Å². The summed E-state index contributed by atoms with van der Waals surface area (Å²) in [5, 5.41) is 14.8. The monoisotopic (exact) mass is 259 g/mol. The summed E-state index contributed by atoms with van der Waals surface area (Å²) in [5.74, 6) is 0.901. The van der Waals surface area contributed by atoms with Crippen molar-refractivity contribution in [3.05, 3.63) is 41.2 Å². The number of aryl methyl sites for hydroxylation is 1. The minimum absolute atomic E-state index is 0.281. The van der Waals surface area contributed by atoms with Gasteiger partial charge in [-0.3, -0.25) is 0 Å². The number of aromatic nitrogens is 4. The molecule has 18 heavy (non-hydrogen) atoms. The van der Waals surface area contributed by atoms with Gasteiger partial charge < -0.3 is 5.73 Å². The highest BCUT2D eigenvalue weighted by Crippen LogP contribution is 2.24. The molecular weight excluding hydrogens is 250 g/mol. The number of hydrogen-bond acceptors (Lipinski definition) is 4. The van der Waals surface area contributed by atoms with Crippen molar-refractivity contribution in [3.8, 4) is 5.82 Å². The molecular formula is C12H10ClN5. The molecule has 0 radical (unpaired) electrons. The SMILES string of the molecule is Cc1nnc(-n2cc(Cl)c(N)n2)c2ccccc12. The van der Waals surface area contributed by atoms with E-state index in [0.29, 0.717) is 10.8 Å². The molecule has 0 spiro atoms. The van der Waals surface area contributed by atoms with Crippen LogP contribution in [0.5, 0.6) is 0 Å². The predicted octanol–water partition coefficient (Wildman–Crippen LogP) is 2.36. The second kappa shape index (κ2) is 3.96. The smallest absolute Gasteiger partial charge is 0.183 e.